The van der Waals surface area contributed by atoms with Crippen LogP contribution in [0.2, 0.25) is 5.02 Å². The summed E-state index contributed by atoms with van der Waals surface area (Å²) in [5.41, 5.74) is 2.71. The van der Waals surface area contributed by atoms with E-state index in [1.165, 1.54) is 12.1 Å². The number of nitro groups is 1. The highest BCUT2D eigenvalue weighted by molar-refractivity contribution is 6.31. The number of nitrogens with one attached hydrogen (secondary N) is 2. The van der Waals surface area contributed by atoms with Crippen molar-refractivity contribution in [1.29, 1.82) is 0 Å². The van der Waals surface area contributed by atoms with E-state index in [4.69, 9.17) is 11.6 Å². The van der Waals surface area contributed by atoms with Crippen molar-refractivity contribution in [1.82, 2.24) is 5.32 Å². The van der Waals surface area contributed by atoms with Gasteiger partial charge >= 0.3 is 0 Å². The Morgan fingerprint density at radius 2 is 2.00 bits per heavy atom. The van der Waals surface area contributed by atoms with Gasteiger partial charge in [-0.25, -0.2) is 0 Å². The van der Waals surface area contributed by atoms with E-state index in [1.807, 2.05) is 32.9 Å². The Morgan fingerprint density at radius 1 is 1.23 bits per heavy atom. The SMILES string of the molecule is CC(C)(C)NC(=O)c1cccc2c1NC(c1cc([N+](=O)[O-])ccc1Cl)C1CC=CC21. The van der Waals surface area contributed by atoms with E-state index in [1.54, 1.807) is 12.1 Å². The number of para-hydroxylation sites is 1. The predicted molar refractivity (Wildman–Crippen MR) is 118 cm³/mol. The van der Waals surface area contributed by atoms with Crippen LogP contribution < -0.4 is 10.6 Å². The van der Waals surface area contributed by atoms with Crippen LogP contribution in [0.15, 0.2) is 48.6 Å². The summed E-state index contributed by atoms with van der Waals surface area (Å²) in [6, 6.07) is 10.0. The van der Waals surface area contributed by atoms with E-state index >= 15 is 0 Å². The topological polar surface area (TPSA) is 84.3 Å². The average Bonchev–Trinajstić information content (AvgIpc) is 3.16. The van der Waals surface area contributed by atoms with Crippen molar-refractivity contribution in [2.45, 2.75) is 44.7 Å². The smallest absolute Gasteiger partial charge is 0.269 e. The van der Waals surface area contributed by atoms with Crippen molar-refractivity contribution in [3.63, 3.8) is 0 Å². The molecule has 6 nitrogen and oxygen atoms in total. The average molecular weight is 426 g/mol. The van der Waals surface area contributed by atoms with Gasteiger partial charge in [0.2, 0.25) is 0 Å². The van der Waals surface area contributed by atoms with E-state index in [9.17, 15) is 14.9 Å². The Morgan fingerprint density at radius 3 is 2.70 bits per heavy atom. The zero-order valence-corrected chi connectivity index (χ0v) is 17.9. The Labute approximate surface area is 180 Å². The van der Waals surface area contributed by atoms with Crippen molar-refractivity contribution in [2.75, 3.05) is 5.32 Å². The van der Waals surface area contributed by atoms with Crippen LogP contribution in [0.25, 0.3) is 0 Å². The molecular formula is C23H24ClN3O3. The molecule has 0 aromatic heterocycles. The zero-order valence-electron chi connectivity index (χ0n) is 17.1. The number of benzene rings is 2. The van der Waals surface area contributed by atoms with Crippen molar-refractivity contribution in [3.05, 3.63) is 80.4 Å². The minimum absolute atomic E-state index is 0.00302. The second kappa shape index (κ2) is 7.43. The maximum atomic E-state index is 13.0. The molecule has 1 heterocycles. The van der Waals surface area contributed by atoms with Gasteiger partial charge in [0.25, 0.3) is 11.6 Å². The van der Waals surface area contributed by atoms with Gasteiger partial charge in [-0.15, -0.1) is 0 Å². The summed E-state index contributed by atoms with van der Waals surface area (Å²) >= 11 is 6.48. The number of halogens is 1. The summed E-state index contributed by atoms with van der Waals surface area (Å²) in [4.78, 5) is 23.9. The quantitative estimate of drug-likeness (QED) is 0.380. The van der Waals surface area contributed by atoms with Crippen molar-refractivity contribution in [2.24, 2.45) is 5.92 Å². The third-order valence-corrected chi connectivity index (χ3v) is 6.00. The number of anilines is 1. The Kier molecular flexibility index (Phi) is 5.06. The van der Waals surface area contributed by atoms with Crippen molar-refractivity contribution in [3.8, 4) is 0 Å². The van der Waals surface area contributed by atoms with E-state index in [0.717, 1.165) is 17.7 Å². The van der Waals surface area contributed by atoms with Gasteiger partial charge in [0.15, 0.2) is 0 Å². The molecule has 0 saturated heterocycles. The second-order valence-corrected chi connectivity index (χ2v) is 9.32. The lowest BCUT2D eigenvalue weighted by molar-refractivity contribution is -0.384. The number of hydrogen-bond donors (Lipinski definition) is 2. The number of allylic oxidation sites excluding steroid dienone is 2. The van der Waals surface area contributed by atoms with Gasteiger partial charge in [-0.3, -0.25) is 14.9 Å². The van der Waals surface area contributed by atoms with Crippen molar-refractivity contribution >= 4 is 28.9 Å². The second-order valence-electron chi connectivity index (χ2n) is 8.91. The fraction of sp³-hybridized carbons (Fsp3) is 0.348. The number of non-ortho nitro benzene ring substituents is 1. The molecular weight excluding hydrogens is 402 g/mol. The normalized spacial score (nSPS) is 22.1. The summed E-state index contributed by atoms with van der Waals surface area (Å²) in [7, 11) is 0. The minimum Gasteiger partial charge on any atom is -0.377 e. The molecule has 3 unspecified atom stereocenters. The molecule has 2 aromatic rings. The van der Waals surface area contributed by atoms with Gasteiger partial charge < -0.3 is 10.6 Å². The highest BCUT2D eigenvalue weighted by Gasteiger charge is 2.40. The molecule has 0 radical (unpaired) electrons. The molecule has 0 spiro atoms. The summed E-state index contributed by atoms with van der Waals surface area (Å²) in [5.74, 6) is 0.123. The van der Waals surface area contributed by atoms with Crippen LogP contribution in [0.4, 0.5) is 11.4 Å². The maximum absolute atomic E-state index is 13.0. The van der Waals surface area contributed by atoms with Gasteiger partial charge in [0.05, 0.1) is 22.2 Å². The maximum Gasteiger partial charge on any atom is 0.269 e. The predicted octanol–water partition coefficient (Wildman–Crippen LogP) is 5.60. The molecule has 1 aliphatic carbocycles. The summed E-state index contributed by atoms with van der Waals surface area (Å²) < 4.78 is 0. The molecule has 0 fully saturated rings. The first-order valence-electron chi connectivity index (χ1n) is 9.98. The molecule has 0 saturated carbocycles. The van der Waals surface area contributed by atoms with E-state index in [0.29, 0.717) is 16.1 Å². The molecule has 1 amide bonds. The lowest BCUT2D eigenvalue weighted by Gasteiger charge is -2.38. The standard InChI is InChI=1S/C23H24ClN3O3/c1-23(2,3)26-22(28)17-9-5-8-15-14-6-4-7-16(14)21(25-20(15)17)18-12-13(27(29)30)10-11-19(18)24/h4-6,8-12,14,16,21,25H,7H2,1-3H3,(H,26,28). The number of nitrogens with zero attached hydrogens (tertiary/aromatic N) is 1. The number of nitro benzene ring substituents is 1. The van der Waals surface area contributed by atoms with Crippen LogP contribution in [-0.4, -0.2) is 16.4 Å². The van der Waals surface area contributed by atoms with Crippen LogP contribution in [0.5, 0.6) is 0 Å². The molecule has 4 rings (SSSR count). The van der Waals surface area contributed by atoms with Crippen LogP contribution >= 0.6 is 11.6 Å². The van der Waals surface area contributed by atoms with Gasteiger partial charge in [0.1, 0.15) is 0 Å². The van der Waals surface area contributed by atoms with E-state index in [-0.39, 0.29) is 35.0 Å². The fourth-order valence-electron chi connectivity index (χ4n) is 4.41. The highest BCUT2D eigenvalue weighted by Crippen LogP contribution is 2.51. The zero-order chi connectivity index (χ0) is 21.6. The van der Waals surface area contributed by atoms with Gasteiger partial charge in [0, 0.05) is 34.2 Å². The first kappa shape index (κ1) is 20.4. The fourth-order valence-corrected chi connectivity index (χ4v) is 4.64. The Bertz CT molecular complexity index is 1060. The number of hydrogen-bond acceptors (Lipinski definition) is 4. The molecule has 30 heavy (non-hydrogen) atoms. The molecule has 3 atom stereocenters. The number of fused-ring (bicyclic) bond motifs is 3. The van der Waals surface area contributed by atoms with Gasteiger partial charge in [-0.2, -0.15) is 0 Å². The number of carbonyl (C=O) groups is 1. The number of rotatable bonds is 3. The van der Waals surface area contributed by atoms with E-state index < -0.39 is 4.92 Å². The van der Waals surface area contributed by atoms with Crippen molar-refractivity contribution < 1.29 is 9.72 Å². The lowest BCUT2D eigenvalue weighted by atomic mass is 9.76. The molecule has 0 bridgehead atoms. The summed E-state index contributed by atoms with van der Waals surface area (Å²) in [6.07, 6.45) is 5.12. The molecule has 2 aliphatic rings. The lowest BCUT2D eigenvalue weighted by Crippen LogP contribution is -2.41. The summed E-state index contributed by atoms with van der Waals surface area (Å²) in [6.45, 7) is 5.82. The van der Waals surface area contributed by atoms with Crippen LogP contribution in [0.3, 0.4) is 0 Å². The van der Waals surface area contributed by atoms with Crippen LogP contribution in [0, 0.1) is 16.0 Å². The van der Waals surface area contributed by atoms with Gasteiger partial charge in [-0.05, 0) is 50.8 Å². The third kappa shape index (κ3) is 3.67. The highest BCUT2D eigenvalue weighted by atomic mass is 35.5. The molecule has 2 aromatic carbocycles. The molecule has 156 valence electrons. The number of carbonyl (C=O) groups excluding carboxylic acids is 1. The van der Waals surface area contributed by atoms with E-state index in [2.05, 4.69) is 22.8 Å². The minimum atomic E-state index is -0.414. The van der Waals surface area contributed by atoms with Crippen LogP contribution in [-0.2, 0) is 0 Å². The number of amides is 1. The van der Waals surface area contributed by atoms with Crippen LogP contribution in [0.1, 0.15) is 60.6 Å². The monoisotopic (exact) mass is 425 g/mol. The van der Waals surface area contributed by atoms with Gasteiger partial charge in [-0.1, -0.05) is 35.9 Å². The first-order chi connectivity index (χ1) is 14.2. The third-order valence-electron chi connectivity index (χ3n) is 5.66. The summed E-state index contributed by atoms with van der Waals surface area (Å²) in [5, 5.41) is 18.3. The molecule has 2 N–H and O–H groups in total. The molecule has 7 heteroatoms. The molecule has 1 aliphatic heterocycles. The largest absolute Gasteiger partial charge is 0.377 e. The Hall–Kier alpha value is -2.86. The first-order valence-corrected chi connectivity index (χ1v) is 10.4. The Balaban J connectivity index is 1.81.